The first-order valence-corrected chi connectivity index (χ1v) is 9.77. The molecule has 0 spiro atoms. The Hall–Kier alpha value is -2.27. The van der Waals surface area contributed by atoms with Crippen LogP contribution in [0.5, 0.6) is 0 Å². The number of anilines is 1. The van der Waals surface area contributed by atoms with Crippen LogP contribution in [0.3, 0.4) is 0 Å². The highest BCUT2D eigenvalue weighted by Crippen LogP contribution is 2.15. The molecule has 2 aromatic carbocycles. The van der Waals surface area contributed by atoms with Gasteiger partial charge >= 0.3 is 0 Å². The van der Waals surface area contributed by atoms with Crippen LogP contribution in [0, 0.1) is 0 Å². The number of carbonyl (C=O) groups excluding carboxylic acids is 2. The third-order valence-electron chi connectivity index (χ3n) is 3.97. The van der Waals surface area contributed by atoms with Crippen molar-refractivity contribution in [2.45, 2.75) is 19.6 Å². The van der Waals surface area contributed by atoms with Crippen LogP contribution in [0.25, 0.3) is 0 Å². The number of thioether (sulfide) groups is 1. The van der Waals surface area contributed by atoms with Gasteiger partial charge in [0.2, 0.25) is 0 Å². The number of hydrogen-bond acceptors (Lipinski definition) is 3. The van der Waals surface area contributed by atoms with E-state index in [0.29, 0.717) is 29.9 Å². The first-order valence-electron chi connectivity index (χ1n) is 8.37. The second kappa shape index (κ2) is 9.28. The van der Waals surface area contributed by atoms with Crippen LogP contribution in [0.4, 0.5) is 5.69 Å². The zero-order valence-corrected chi connectivity index (χ0v) is 15.7. The number of nitrogens with one attached hydrogen (secondary N) is 1. The van der Waals surface area contributed by atoms with E-state index in [1.807, 2.05) is 38.1 Å². The summed E-state index contributed by atoms with van der Waals surface area (Å²) in [4.78, 5) is 26.4. The van der Waals surface area contributed by atoms with E-state index < -0.39 is 0 Å². The molecule has 0 fully saturated rings. The normalized spacial score (nSPS) is 10.4. The average molecular weight is 356 g/mol. The fourth-order valence-electron chi connectivity index (χ4n) is 2.51. The number of benzene rings is 2. The van der Waals surface area contributed by atoms with Gasteiger partial charge < -0.3 is 10.2 Å². The van der Waals surface area contributed by atoms with E-state index in [1.165, 1.54) is 5.56 Å². The smallest absolute Gasteiger partial charge is 0.255 e. The number of hydrogen-bond donors (Lipinski definition) is 1. The van der Waals surface area contributed by atoms with Gasteiger partial charge in [0.15, 0.2) is 0 Å². The first kappa shape index (κ1) is 19.1. The minimum absolute atomic E-state index is 0.00672. The van der Waals surface area contributed by atoms with Crippen LogP contribution in [-0.4, -0.2) is 36.1 Å². The predicted octanol–water partition coefficient (Wildman–Crippen LogP) is 4.28. The summed E-state index contributed by atoms with van der Waals surface area (Å²) in [5, 5.41) is 2.86. The molecule has 5 heteroatoms. The molecule has 25 heavy (non-hydrogen) atoms. The zero-order valence-electron chi connectivity index (χ0n) is 14.9. The summed E-state index contributed by atoms with van der Waals surface area (Å²) >= 11 is 1.75. The van der Waals surface area contributed by atoms with Crippen molar-refractivity contribution in [3.05, 3.63) is 65.2 Å². The van der Waals surface area contributed by atoms with Crippen LogP contribution in [-0.2, 0) is 5.75 Å². The van der Waals surface area contributed by atoms with Crippen molar-refractivity contribution in [3.63, 3.8) is 0 Å². The Kier molecular flexibility index (Phi) is 7.07. The molecule has 0 saturated carbocycles. The van der Waals surface area contributed by atoms with Crippen molar-refractivity contribution in [1.82, 2.24) is 4.90 Å². The predicted molar refractivity (Wildman–Crippen MR) is 105 cm³/mol. The van der Waals surface area contributed by atoms with Gasteiger partial charge in [0, 0.05) is 35.7 Å². The molecule has 1 N–H and O–H groups in total. The number of nitrogens with zero attached hydrogens (tertiary/aromatic N) is 1. The van der Waals surface area contributed by atoms with Crippen molar-refractivity contribution in [2.75, 3.05) is 24.7 Å². The maximum Gasteiger partial charge on any atom is 0.255 e. The van der Waals surface area contributed by atoms with Crippen molar-refractivity contribution in [3.8, 4) is 0 Å². The Morgan fingerprint density at radius 1 is 0.920 bits per heavy atom. The SMILES string of the molecule is CCN(CC)C(=O)c1ccc(NC(=O)c2ccc(CSC)cc2)cc1. The quantitative estimate of drug-likeness (QED) is 0.805. The molecule has 0 aliphatic carbocycles. The fraction of sp³-hybridized carbons (Fsp3) is 0.300. The molecule has 0 radical (unpaired) electrons. The van der Waals surface area contributed by atoms with Crippen LogP contribution in [0.15, 0.2) is 48.5 Å². The highest BCUT2D eigenvalue weighted by molar-refractivity contribution is 7.97. The van der Waals surface area contributed by atoms with E-state index in [9.17, 15) is 9.59 Å². The molecule has 0 unspecified atom stereocenters. The van der Waals surface area contributed by atoms with E-state index >= 15 is 0 Å². The summed E-state index contributed by atoms with van der Waals surface area (Å²) in [7, 11) is 0. The Morgan fingerprint density at radius 3 is 2.00 bits per heavy atom. The Bertz CT molecular complexity index is 707. The highest BCUT2D eigenvalue weighted by atomic mass is 32.2. The zero-order chi connectivity index (χ0) is 18.2. The molecule has 0 aromatic heterocycles. The Labute approximate surface area is 153 Å². The summed E-state index contributed by atoms with van der Waals surface area (Å²) in [5.41, 5.74) is 3.12. The van der Waals surface area contributed by atoms with E-state index in [2.05, 4.69) is 11.6 Å². The van der Waals surface area contributed by atoms with Crippen molar-refractivity contribution < 1.29 is 9.59 Å². The number of rotatable bonds is 7. The van der Waals surface area contributed by atoms with Gasteiger partial charge in [0.25, 0.3) is 11.8 Å². The molecular weight excluding hydrogens is 332 g/mol. The van der Waals surface area contributed by atoms with Crippen LogP contribution in [0.2, 0.25) is 0 Å². The summed E-state index contributed by atoms with van der Waals surface area (Å²) < 4.78 is 0. The number of amides is 2. The Balaban J connectivity index is 2.02. The maximum absolute atomic E-state index is 12.3. The van der Waals surface area contributed by atoms with Gasteiger partial charge in [-0.2, -0.15) is 11.8 Å². The molecule has 0 aliphatic heterocycles. The minimum Gasteiger partial charge on any atom is -0.339 e. The molecular formula is C20H24N2O2S. The van der Waals surface area contributed by atoms with Gasteiger partial charge in [-0.25, -0.2) is 0 Å². The molecule has 2 rings (SSSR count). The first-order chi connectivity index (χ1) is 12.1. The monoisotopic (exact) mass is 356 g/mol. The summed E-state index contributed by atoms with van der Waals surface area (Å²) in [5.74, 6) is 0.787. The van der Waals surface area contributed by atoms with Crippen LogP contribution in [0.1, 0.15) is 40.1 Å². The lowest BCUT2D eigenvalue weighted by molar-refractivity contribution is 0.0773. The standard InChI is InChI=1S/C20H24N2O2S/c1-4-22(5-2)20(24)17-10-12-18(13-11-17)21-19(23)16-8-6-15(7-9-16)14-25-3/h6-13H,4-5,14H2,1-3H3,(H,21,23). The molecule has 4 nitrogen and oxygen atoms in total. The van der Waals surface area contributed by atoms with E-state index in [4.69, 9.17) is 0 Å². The average Bonchev–Trinajstić information content (AvgIpc) is 2.64. The molecule has 132 valence electrons. The summed E-state index contributed by atoms with van der Waals surface area (Å²) in [6.45, 7) is 5.28. The molecule has 2 amide bonds. The lowest BCUT2D eigenvalue weighted by Gasteiger charge is -2.18. The summed E-state index contributed by atoms with van der Waals surface area (Å²) in [6, 6.07) is 14.6. The lowest BCUT2D eigenvalue weighted by Crippen LogP contribution is -2.30. The van der Waals surface area contributed by atoms with Crippen molar-refractivity contribution >= 4 is 29.3 Å². The number of carbonyl (C=O) groups is 2. The van der Waals surface area contributed by atoms with Gasteiger partial charge in [-0.3, -0.25) is 9.59 Å². The third-order valence-corrected chi connectivity index (χ3v) is 4.59. The van der Waals surface area contributed by atoms with E-state index in [0.717, 1.165) is 5.75 Å². The molecule has 0 saturated heterocycles. The lowest BCUT2D eigenvalue weighted by atomic mass is 10.1. The highest BCUT2D eigenvalue weighted by Gasteiger charge is 2.12. The van der Waals surface area contributed by atoms with Gasteiger partial charge in [-0.1, -0.05) is 12.1 Å². The maximum atomic E-state index is 12.3. The summed E-state index contributed by atoms with van der Waals surface area (Å²) in [6.07, 6.45) is 2.05. The molecule has 0 aliphatic rings. The Morgan fingerprint density at radius 2 is 1.48 bits per heavy atom. The van der Waals surface area contributed by atoms with E-state index in [-0.39, 0.29) is 11.8 Å². The minimum atomic E-state index is -0.154. The van der Waals surface area contributed by atoms with Crippen LogP contribution < -0.4 is 5.32 Å². The van der Waals surface area contributed by atoms with Crippen molar-refractivity contribution in [2.24, 2.45) is 0 Å². The second-order valence-electron chi connectivity index (χ2n) is 5.64. The second-order valence-corrected chi connectivity index (χ2v) is 6.50. The van der Waals surface area contributed by atoms with Gasteiger partial charge in [-0.15, -0.1) is 0 Å². The van der Waals surface area contributed by atoms with Crippen molar-refractivity contribution in [1.29, 1.82) is 0 Å². The van der Waals surface area contributed by atoms with Crippen LogP contribution >= 0.6 is 11.8 Å². The van der Waals surface area contributed by atoms with E-state index in [1.54, 1.807) is 40.9 Å². The largest absolute Gasteiger partial charge is 0.339 e. The molecule has 0 bridgehead atoms. The topological polar surface area (TPSA) is 49.4 Å². The molecule has 0 atom stereocenters. The van der Waals surface area contributed by atoms with Gasteiger partial charge in [-0.05, 0) is 62.1 Å². The third kappa shape index (κ3) is 5.10. The fourth-order valence-corrected chi connectivity index (χ4v) is 3.04. The molecule has 0 heterocycles. The molecule has 2 aromatic rings. The van der Waals surface area contributed by atoms with Gasteiger partial charge in [0.05, 0.1) is 0 Å². The van der Waals surface area contributed by atoms with Gasteiger partial charge in [0.1, 0.15) is 0 Å².